The van der Waals surface area contributed by atoms with E-state index in [0.29, 0.717) is 18.4 Å². The zero-order chi connectivity index (χ0) is 20.4. The van der Waals surface area contributed by atoms with E-state index in [0.717, 1.165) is 47.2 Å². The number of aromatic nitrogens is 1. The molecule has 1 aromatic heterocycles. The Morgan fingerprint density at radius 1 is 1.17 bits per heavy atom. The number of ether oxygens (including phenoxy) is 1. The van der Waals surface area contributed by atoms with Crippen molar-refractivity contribution in [2.45, 2.75) is 38.7 Å². The largest absolute Gasteiger partial charge is 0.489 e. The van der Waals surface area contributed by atoms with Gasteiger partial charge in [0, 0.05) is 13.1 Å². The van der Waals surface area contributed by atoms with Crippen LogP contribution in [0.2, 0.25) is 0 Å². The standard InChI is InChI=1S/C24H26N2O3/c1-16-6-9-20(25-28)14-22(16)18-4-3-5-21(13-18)29-15-17-7-10-23-19(12-17)8-11-24(27)26(23)2/h3-5,7-8,10-13,16,22,28H,6,9,14-15H2,1-2H3/b25-20+. The van der Waals surface area contributed by atoms with Crippen molar-refractivity contribution in [3.63, 3.8) is 0 Å². The van der Waals surface area contributed by atoms with Crippen LogP contribution in [0.3, 0.4) is 0 Å². The Hall–Kier alpha value is -3.08. The lowest BCUT2D eigenvalue weighted by Crippen LogP contribution is -2.21. The molecule has 1 aliphatic carbocycles. The third-order valence-electron chi connectivity index (χ3n) is 6.05. The number of oxime groups is 1. The monoisotopic (exact) mass is 390 g/mol. The van der Waals surface area contributed by atoms with Crippen molar-refractivity contribution in [2.24, 2.45) is 18.1 Å². The highest BCUT2D eigenvalue weighted by Crippen LogP contribution is 2.37. The van der Waals surface area contributed by atoms with E-state index in [1.54, 1.807) is 17.7 Å². The topological polar surface area (TPSA) is 63.8 Å². The maximum absolute atomic E-state index is 11.8. The first-order valence-corrected chi connectivity index (χ1v) is 10.1. The first kappa shape index (κ1) is 19.2. The fraction of sp³-hybridized carbons (Fsp3) is 0.333. The molecule has 1 N–H and O–H groups in total. The molecule has 0 bridgehead atoms. The van der Waals surface area contributed by atoms with Gasteiger partial charge in [-0.25, -0.2) is 0 Å². The van der Waals surface area contributed by atoms with Gasteiger partial charge in [0.25, 0.3) is 5.56 Å². The van der Waals surface area contributed by atoms with Gasteiger partial charge in [-0.1, -0.05) is 30.3 Å². The predicted octanol–water partition coefficient (Wildman–Crippen LogP) is 4.85. The van der Waals surface area contributed by atoms with E-state index >= 15 is 0 Å². The molecular weight excluding hydrogens is 364 g/mol. The zero-order valence-corrected chi connectivity index (χ0v) is 16.8. The molecule has 0 spiro atoms. The molecule has 1 aliphatic rings. The van der Waals surface area contributed by atoms with Gasteiger partial charge in [-0.3, -0.25) is 4.79 Å². The summed E-state index contributed by atoms with van der Waals surface area (Å²) in [5.74, 6) is 1.73. The summed E-state index contributed by atoms with van der Waals surface area (Å²) in [5, 5.41) is 13.6. The van der Waals surface area contributed by atoms with Gasteiger partial charge >= 0.3 is 0 Å². The molecule has 5 nitrogen and oxygen atoms in total. The van der Waals surface area contributed by atoms with E-state index in [1.165, 1.54) is 5.56 Å². The van der Waals surface area contributed by atoms with Crippen LogP contribution in [0.4, 0.5) is 0 Å². The van der Waals surface area contributed by atoms with Gasteiger partial charge in [-0.2, -0.15) is 0 Å². The molecule has 0 aliphatic heterocycles. The summed E-state index contributed by atoms with van der Waals surface area (Å²) in [4.78, 5) is 11.8. The second kappa shape index (κ2) is 8.11. The zero-order valence-electron chi connectivity index (χ0n) is 16.8. The van der Waals surface area contributed by atoms with Gasteiger partial charge in [-0.05, 0) is 77.9 Å². The average Bonchev–Trinajstić information content (AvgIpc) is 2.75. The van der Waals surface area contributed by atoms with Gasteiger partial charge in [0.1, 0.15) is 12.4 Å². The van der Waals surface area contributed by atoms with Crippen LogP contribution in [-0.4, -0.2) is 15.5 Å². The highest BCUT2D eigenvalue weighted by Gasteiger charge is 2.27. The molecule has 1 heterocycles. The summed E-state index contributed by atoms with van der Waals surface area (Å²) >= 11 is 0. The SMILES string of the molecule is CC1CC/C(=N\O)CC1c1cccc(OCc2ccc3c(ccc(=O)n3C)c2)c1. The Morgan fingerprint density at radius 2 is 2.03 bits per heavy atom. The fourth-order valence-corrected chi connectivity index (χ4v) is 4.22. The molecule has 2 atom stereocenters. The van der Waals surface area contributed by atoms with E-state index in [4.69, 9.17) is 9.94 Å². The predicted molar refractivity (Wildman–Crippen MR) is 115 cm³/mol. The second-order valence-corrected chi connectivity index (χ2v) is 7.98. The Bertz CT molecular complexity index is 1120. The van der Waals surface area contributed by atoms with Crippen molar-refractivity contribution < 1.29 is 9.94 Å². The average molecular weight is 390 g/mol. The molecule has 0 radical (unpaired) electrons. The van der Waals surface area contributed by atoms with E-state index in [1.807, 2.05) is 30.3 Å². The number of aryl methyl sites for hydroxylation is 1. The molecule has 0 saturated heterocycles. The fourth-order valence-electron chi connectivity index (χ4n) is 4.22. The summed E-state index contributed by atoms with van der Waals surface area (Å²) in [5.41, 5.74) is 4.07. The van der Waals surface area contributed by atoms with Crippen molar-refractivity contribution in [1.29, 1.82) is 0 Å². The first-order valence-electron chi connectivity index (χ1n) is 10.1. The number of hydrogen-bond acceptors (Lipinski definition) is 4. The van der Waals surface area contributed by atoms with Crippen LogP contribution < -0.4 is 10.3 Å². The lowest BCUT2D eigenvalue weighted by molar-refractivity contribution is 0.303. The summed E-state index contributed by atoms with van der Waals surface area (Å²) < 4.78 is 7.72. The smallest absolute Gasteiger partial charge is 0.250 e. The normalized spacial score (nSPS) is 20.8. The quantitative estimate of drug-likeness (QED) is 0.511. The van der Waals surface area contributed by atoms with Crippen molar-refractivity contribution in [3.05, 3.63) is 76.1 Å². The van der Waals surface area contributed by atoms with E-state index in [2.05, 4.69) is 30.3 Å². The third-order valence-corrected chi connectivity index (χ3v) is 6.05. The number of pyridine rings is 1. The maximum atomic E-state index is 11.8. The summed E-state index contributed by atoms with van der Waals surface area (Å²) in [7, 11) is 1.78. The van der Waals surface area contributed by atoms with Crippen molar-refractivity contribution >= 4 is 16.6 Å². The summed E-state index contributed by atoms with van der Waals surface area (Å²) in [6.45, 7) is 2.72. The van der Waals surface area contributed by atoms with Crippen LogP contribution in [0.1, 0.15) is 43.2 Å². The highest BCUT2D eigenvalue weighted by atomic mass is 16.5. The molecule has 4 rings (SSSR count). The highest BCUT2D eigenvalue weighted by molar-refractivity contribution is 5.85. The number of nitrogens with zero attached hydrogens (tertiary/aromatic N) is 2. The lowest BCUT2D eigenvalue weighted by atomic mass is 9.75. The number of rotatable bonds is 4. The molecule has 0 amide bonds. The Labute approximate surface area is 170 Å². The number of fused-ring (bicyclic) bond motifs is 1. The van der Waals surface area contributed by atoms with Crippen LogP contribution in [-0.2, 0) is 13.7 Å². The van der Waals surface area contributed by atoms with Crippen LogP contribution in [0.25, 0.3) is 10.9 Å². The van der Waals surface area contributed by atoms with Crippen LogP contribution in [0.5, 0.6) is 5.75 Å². The van der Waals surface area contributed by atoms with Crippen molar-refractivity contribution in [1.82, 2.24) is 4.57 Å². The number of benzene rings is 2. The molecule has 2 aromatic carbocycles. The molecular formula is C24H26N2O3. The van der Waals surface area contributed by atoms with E-state index in [-0.39, 0.29) is 5.56 Å². The van der Waals surface area contributed by atoms with Gasteiger partial charge < -0.3 is 14.5 Å². The summed E-state index contributed by atoms with van der Waals surface area (Å²) in [6.07, 6.45) is 2.71. The molecule has 1 saturated carbocycles. The Morgan fingerprint density at radius 3 is 2.86 bits per heavy atom. The van der Waals surface area contributed by atoms with Gasteiger partial charge in [0.05, 0.1) is 11.2 Å². The lowest BCUT2D eigenvalue weighted by Gasteiger charge is -2.29. The molecule has 150 valence electrons. The molecule has 3 aromatic rings. The van der Waals surface area contributed by atoms with Gasteiger partial charge in [0.15, 0.2) is 0 Å². The minimum Gasteiger partial charge on any atom is -0.489 e. The minimum atomic E-state index is -0.00958. The van der Waals surface area contributed by atoms with Crippen molar-refractivity contribution in [3.8, 4) is 5.75 Å². The Kier molecular flexibility index (Phi) is 5.38. The van der Waals surface area contributed by atoms with Crippen LogP contribution in [0.15, 0.2) is 64.5 Å². The molecule has 29 heavy (non-hydrogen) atoms. The Balaban J connectivity index is 1.50. The first-order chi connectivity index (χ1) is 14.0. The van der Waals surface area contributed by atoms with Gasteiger partial charge in [0.2, 0.25) is 0 Å². The second-order valence-electron chi connectivity index (χ2n) is 7.98. The van der Waals surface area contributed by atoms with Crippen LogP contribution >= 0.6 is 0 Å². The van der Waals surface area contributed by atoms with E-state index in [9.17, 15) is 4.79 Å². The van der Waals surface area contributed by atoms with Gasteiger partial charge in [-0.15, -0.1) is 0 Å². The number of hydrogen-bond donors (Lipinski definition) is 1. The maximum Gasteiger partial charge on any atom is 0.250 e. The summed E-state index contributed by atoms with van der Waals surface area (Å²) in [6, 6.07) is 17.7. The molecule has 1 fully saturated rings. The minimum absolute atomic E-state index is 0.00958. The van der Waals surface area contributed by atoms with E-state index < -0.39 is 0 Å². The molecule has 2 unspecified atom stereocenters. The third kappa shape index (κ3) is 4.04. The van der Waals surface area contributed by atoms with Crippen LogP contribution in [0, 0.1) is 5.92 Å². The molecule has 5 heteroatoms. The van der Waals surface area contributed by atoms with Crippen molar-refractivity contribution in [2.75, 3.05) is 0 Å².